The Kier molecular flexibility index (Phi) is 6.97. The van der Waals surface area contributed by atoms with Gasteiger partial charge in [0, 0.05) is 29.4 Å². The van der Waals surface area contributed by atoms with Gasteiger partial charge in [0.2, 0.25) is 0 Å². The molecule has 5 rings (SSSR count). The summed E-state index contributed by atoms with van der Waals surface area (Å²) in [5.74, 6) is 0.591. The van der Waals surface area contributed by atoms with Gasteiger partial charge in [-0.25, -0.2) is 0 Å². The van der Waals surface area contributed by atoms with E-state index < -0.39 is 5.56 Å². The number of amides is 1. The Hall–Kier alpha value is -4.14. The number of ether oxygens (including phenoxy) is 2. The van der Waals surface area contributed by atoms with Crippen LogP contribution >= 0.6 is 11.6 Å². The smallest absolute Gasteiger partial charge is 0.299 e. The molecule has 4 aromatic rings. The number of nitrogens with zero attached hydrogens (tertiary/aromatic N) is 3. The number of rotatable bonds is 6. The molecule has 1 saturated heterocycles. The second-order valence-corrected chi connectivity index (χ2v) is 8.54. The minimum atomic E-state index is -0.411. The number of anilines is 2. The van der Waals surface area contributed by atoms with Gasteiger partial charge in [0.05, 0.1) is 25.1 Å². The van der Waals surface area contributed by atoms with Gasteiger partial charge in [-0.2, -0.15) is 9.78 Å². The number of benzene rings is 3. The van der Waals surface area contributed by atoms with E-state index in [0.29, 0.717) is 54.0 Å². The number of carbonyl (C=O) groups excluding carboxylic acids is 1. The van der Waals surface area contributed by atoms with E-state index >= 15 is 0 Å². The fourth-order valence-electron chi connectivity index (χ4n) is 3.86. The van der Waals surface area contributed by atoms with Crippen LogP contribution in [0.5, 0.6) is 11.5 Å². The molecule has 1 aliphatic rings. The minimum Gasteiger partial charge on any atom is -0.453 e. The minimum absolute atomic E-state index is 0.0891. The molecule has 36 heavy (non-hydrogen) atoms. The van der Waals surface area contributed by atoms with Crippen molar-refractivity contribution in [2.75, 3.05) is 31.6 Å². The van der Waals surface area contributed by atoms with E-state index in [2.05, 4.69) is 10.4 Å². The van der Waals surface area contributed by atoms with Gasteiger partial charge in [-0.3, -0.25) is 9.59 Å². The van der Waals surface area contributed by atoms with E-state index in [1.54, 1.807) is 65.6 Å². The number of carbonyl (C=O) groups is 1. The lowest BCUT2D eigenvalue weighted by Gasteiger charge is -2.27. The summed E-state index contributed by atoms with van der Waals surface area (Å²) < 4.78 is 12.6. The van der Waals surface area contributed by atoms with Crippen molar-refractivity contribution in [3.8, 4) is 17.2 Å². The highest BCUT2D eigenvalue weighted by Gasteiger charge is 2.20. The lowest BCUT2D eigenvalue weighted by Crippen LogP contribution is -2.40. The molecule has 0 bridgehead atoms. The molecule has 0 atom stereocenters. The second-order valence-electron chi connectivity index (χ2n) is 8.11. The van der Waals surface area contributed by atoms with Crippen molar-refractivity contribution in [3.63, 3.8) is 0 Å². The Labute approximate surface area is 212 Å². The van der Waals surface area contributed by atoms with Crippen LogP contribution in [0.2, 0.25) is 5.02 Å². The van der Waals surface area contributed by atoms with Crippen LogP contribution < -0.4 is 15.6 Å². The largest absolute Gasteiger partial charge is 0.453 e. The summed E-state index contributed by atoms with van der Waals surface area (Å²) in [4.78, 5) is 28.3. The Morgan fingerprint density at radius 1 is 0.972 bits per heavy atom. The van der Waals surface area contributed by atoms with E-state index in [0.717, 1.165) is 0 Å². The predicted molar refractivity (Wildman–Crippen MR) is 138 cm³/mol. The summed E-state index contributed by atoms with van der Waals surface area (Å²) in [6, 6.07) is 23.0. The van der Waals surface area contributed by atoms with Crippen LogP contribution in [0.1, 0.15) is 10.4 Å². The van der Waals surface area contributed by atoms with E-state index in [-0.39, 0.29) is 17.3 Å². The van der Waals surface area contributed by atoms with Crippen LogP contribution in [0.25, 0.3) is 5.69 Å². The van der Waals surface area contributed by atoms with Crippen molar-refractivity contribution in [1.82, 2.24) is 14.7 Å². The van der Waals surface area contributed by atoms with Crippen LogP contribution in [-0.2, 0) is 4.74 Å². The number of hydrogen-bond acceptors (Lipinski definition) is 6. The van der Waals surface area contributed by atoms with Gasteiger partial charge in [0.1, 0.15) is 5.75 Å². The Bertz CT molecular complexity index is 1440. The number of aromatic nitrogens is 2. The van der Waals surface area contributed by atoms with Crippen molar-refractivity contribution < 1.29 is 14.3 Å². The molecule has 0 aliphatic carbocycles. The summed E-state index contributed by atoms with van der Waals surface area (Å²) in [5, 5.41) is 7.97. The monoisotopic (exact) mass is 502 g/mol. The maximum atomic E-state index is 13.6. The summed E-state index contributed by atoms with van der Waals surface area (Å²) >= 11 is 6.11. The van der Waals surface area contributed by atoms with Crippen molar-refractivity contribution in [2.24, 2.45) is 0 Å². The lowest BCUT2D eigenvalue weighted by atomic mass is 10.1. The van der Waals surface area contributed by atoms with Gasteiger partial charge < -0.3 is 19.7 Å². The quantitative estimate of drug-likeness (QED) is 0.404. The number of nitrogens with one attached hydrogen (secondary N) is 1. The first-order valence-corrected chi connectivity index (χ1v) is 11.8. The molecule has 0 radical (unpaired) electrons. The first-order valence-electron chi connectivity index (χ1n) is 11.4. The standard InChI is InChI=1S/C27H23ClN4O4/c28-20-7-5-11-23(17-20)36-24-18-29-32(22-9-2-1-3-10-22)27(34)25(24)30-21-8-4-6-19(16-21)26(33)31-12-14-35-15-13-31/h1-11,16-18,30H,12-15H2. The molecule has 8 nitrogen and oxygen atoms in total. The van der Waals surface area contributed by atoms with Crippen molar-refractivity contribution >= 4 is 28.9 Å². The SMILES string of the molecule is O=C(c1cccc(Nc2c(Oc3cccc(Cl)c3)cnn(-c3ccccc3)c2=O)c1)N1CCOCC1. The second kappa shape index (κ2) is 10.6. The van der Waals surface area contributed by atoms with Crippen molar-refractivity contribution in [2.45, 2.75) is 0 Å². The summed E-state index contributed by atoms with van der Waals surface area (Å²) in [7, 11) is 0. The molecule has 1 aromatic heterocycles. The highest BCUT2D eigenvalue weighted by molar-refractivity contribution is 6.30. The third kappa shape index (κ3) is 5.25. The first kappa shape index (κ1) is 23.6. The summed E-state index contributed by atoms with van der Waals surface area (Å²) in [6.07, 6.45) is 1.47. The highest BCUT2D eigenvalue weighted by atomic mass is 35.5. The zero-order valence-electron chi connectivity index (χ0n) is 19.3. The molecule has 1 amide bonds. The predicted octanol–water partition coefficient (Wildman–Crippen LogP) is 4.89. The highest BCUT2D eigenvalue weighted by Crippen LogP contribution is 2.30. The van der Waals surface area contributed by atoms with Crippen LogP contribution in [0.3, 0.4) is 0 Å². The van der Waals surface area contributed by atoms with Crippen LogP contribution in [0, 0.1) is 0 Å². The van der Waals surface area contributed by atoms with Gasteiger partial charge in [0.15, 0.2) is 11.4 Å². The Morgan fingerprint density at radius 2 is 1.75 bits per heavy atom. The van der Waals surface area contributed by atoms with E-state index in [9.17, 15) is 9.59 Å². The Morgan fingerprint density at radius 3 is 2.53 bits per heavy atom. The molecule has 3 aromatic carbocycles. The Balaban J connectivity index is 1.52. The lowest BCUT2D eigenvalue weighted by molar-refractivity contribution is 0.0303. The maximum Gasteiger partial charge on any atom is 0.299 e. The van der Waals surface area contributed by atoms with Gasteiger partial charge in [-0.15, -0.1) is 0 Å². The van der Waals surface area contributed by atoms with E-state index in [1.165, 1.54) is 10.9 Å². The molecule has 1 N–H and O–H groups in total. The number of para-hydroxylation sites is 1. The molecule has 0 unspecified atom stereocenters. The molecule has 2 heterocycles. The molecular weight excluding hydrogens is 480 g/mol. The average Bonchev–Trinajstić information content (AvgIpc) is 2.91. The van der Waals surface area contributed by atoms with Gasteiger partial charge >= 0.3 is 0 Å². The normalized spacial score (nSPS) is 13.3. The van der Waals surface area contributed by atoms with Crippen LogP contribution in [-0.4, -0.2) is 46.9 Å². The molecule has 1 fully saturated rings. The first-order chi connectivity index (χ1) is 17.6. The van der Waals surface area contributed by atoms with Crippen molar-refractivity contribution in [1.29, 1.82) is 0 Å². The molecule has 0 saturated carbocycles. The topological polar surface area (TPSA) is 85.7 Å². The van der Waals surface area contributed by atoms with Crippen LogP contribution in [0.4, 0.5) is 11.4 Å². The van der Waals surface area contributed by atoms with Gasteiger partial charge in [0.25, 0.3) is 11.5 Å². The van der Waals surface area contributed by atoms with Crippen molar-refractivity contribution in [3.05, 3.63) is 106 Å². The van der Waals surface area contributed by atoms with E-state index in [1.807, 2.05) is 18.2 Å². The fourth-order valence-corrected chi connectivity index (χ4v) is 4.05. The molecule has 182 valence electrons. The van der Waals surface area contributed by atoms with E-state index in [4.69, 9.17) is 21.1 Å². The molecular formula is C27H23ClN4O4. The average molecular weight is 503 g/mol. The molecule has 1 aliphatic heterocycles. The fraction of sp³-hybridized carbons (Fsp3) is 0.148. The van der Waals surface area contributed by atoms with Gasteiger partial charge in [-0.1, -0.05) is 41.9 Å². The summed E-state index contributed by atoms with van der Waals surface area (Å²) in [6.45, 7) is 2.12. The zero-order chi connectivity index (χ0) is 24.9. The number of morpholine rings is 1. The zero-order valence-corrected chi connectivity index (χ0v) is 20.0. The van der Waals surface area contributed by atoms with Crippen LogP contribution in [0.15, 0.2) is 89.9 Å². The molecule has 0 spiro atoms. The number of hydrogen-bond donors (Lipinski definition) is 1. The molecule has 9 heteroatoms. The third-order valence-corrected chi connectivity index (χ3v) is 5.88. The van der Waals surface area contributed by atoms with Gasteiger partial charge in [-0.05, 0) is 48.5 Å². The maximum absolute atomic E-state index is 13.6. The number of halogens is 1. The summed E-state index contributed by atoms with van der Waals surface area (Å²) in [5.41, 5.74) is 1.44. The third-order valence-electron chi connectivity index (χ3n) is 5.64.